The van der Waals surface area contributed by atoms with Gasteiger partial charge in [0.05, 0.1) is 7.11 Å². The first kappa shape index (κ1) is 15.2. The van der Waals surface area contributed by atoms with Crippen molar-refractivity contribution in [1.29, 1.82) is 0 Å². The van der Waals surface area contributed by atoms with E-state index in [2.05, 4.69) is 0 Å². The van der Waals surface area contributed by atoms with E-state index in [0.29, 0.717) is 11.3 Å². The van der Waals surface area contributed by atoms with Crippen LogP contribution in [0, 0.1) is 0 Å². The van der Waals surface area contributed by atoms with E-state index < -0.39 is 12.2 Å². The Hall–Kier alpha value is -2.17. The van der Waals surface area contributed by atoms with Crippen molar-refractivity contribution >= 4 is 5.78 Å². The Balaban J connectivity index is 2.20. The Morgan fingerprint density at radius 1 is 1.00 bits per heavy atom. The number of ether oxygens (including phenoxy) is 2. The highest BCUT2D eigenvalue weighted by Gasteiger charge is 2.28. The highest BCUT2D eigenvalue weighted by molar-refractivity contribution is 5.99. The number of carbonyl (C=O) groups excluding carboxylic acids is 1. The van der Waals surface area contributed by atoms with Crippen molar-refractivity contribution in [1.82, 2.24) is 0 Å². The van der Waals surface area contributed by atoms with Gasteiger partial charge >= 0.3 is 0 Å². The summed E-state index contributed by atoms with van der Waals surface area (Å²) in [6.07, 6.45) is -1.95. The van der Waals surface area contributed by atoms with Gasteiger partial charge in [0.2, 0.25) is 0 Å². The monoisotopic (exact) mass is 286 g/mol. The van der Waals surface area contributed by atoms with Crippen molar-refractivity contribution in [2.24, 2.45) is 0 Å². The van der Waals surface area contributed by atoms with E-state index in [-0.39, 0.29) is 5.78 Å². The fraction of sp³-hybridized carbons (Fsp3) is 0.235. The van der Waals surface area contributed by atoms with Gasteiger partial charge in [-0.3, -0.25) is 4.79 Å². The summed E-state index contributed by atoms with van der Waals surface area (Å²) < 4.78 is 10.3. The third-order valence-electron chi connectivity index (χ3n) is 3.31. The van der Waals surface area contributed by atoms with Crippen LogP contribution in [0.5, 0.6) is 5.75 Å². The zero-order valence-corrected chi connectivity index (χ0v) is 12.0. The number of benzene rings is 2. The minimum atomic E-state index is -1.26. The maximum Gasteiger partial charge on any atom is 0.194 e. The summed E-state index contributed by atoms with van der Waals surface area (Å²) in [7, 11) is 3.03. The molecule has 110 valence electrons. The topological polar surface area (TPSA) is 55.8 Å². The molecule has 0 spiro atoms. The van der Waals surface area contributed by atoms with Crippen molar-refractivity contribution in [3.8, 4) is 5.75 Å². The lowest BCUT2D eigenvalue weighted by Gasteiger charge is -2.21. The van der Waals surface area contributed by atoms with Crippen LogP contribution in [-0.2, 0) is 4.74 Å². The third kappa shape index (κ3) is 3.48. The third-order valence-corrected chi connectivity index (χ3v) is 3.31. The van der Waals surface area contributed by atoms with Crippen LogP contribution in [0.1, 0.15) is 22.0 Å². The molecule has 2 rings (SSSR count). The number of rotatable bonds is 6. The van der Waals surface area contributed by atoms with Crippen LogP contribution in [0.25, 0.3) is 0 Å². The maximum atomic E-state index is 12.3. The fourth-order valence-corrected chi connectivity index (χ4v) is 2.15. The summed E-state index contributed by atoms with van der Waals surface area (Å²) >= 11 is 0. The Labute approximate surface area is 123 Å². The molecule has 2 atom stereocenters. The summed E-state index contributed by atoms with van der Waals surface area (Å²) in [6.45, 7) is 0. The van der Waals surface area contributed by atoms with Gasteiger partial charge in [-0.05, 0) is 29.8 Å². The summed E-state index contributed by atoms with van der Waals surface area (Å²) in [5.74, 6) is 0.278. The van der Waals surface area contributed by atoms with Crippen molar-refractivity contribution in [2.45, 2.75) is 12.2 Å². The normalized spacial score (nSPS) is 13.5. The van der Waals surface area contributed by atoms with Gasteiger partial charge in [0.1, 0.15) is 18.0 Å². The fourth-order valence-electron chi connectivity index (χ4n) is 2.15. The zero-order chi connectivity index (χ0) is 15.2. The highest BCUT2D eigenvalue weighted by Crippen LogP contribution is 2.23. The number of hydrogen-bond acceptors (Lipinski definition) is 4. The molecule has 4 heteroatoms. The molecule has 0 unspecified atom stereocenters. The average Bonchev–Trinajstić information content (AvgIpc) is 2.56. The number of ketones is 1. The Bertz CT molecular complexity index is 577. The molecule has 4 nitrogen and oxygen atoms in total. The second kappa shape index (κ2) is 7.02. The SMILES string of the molecule is COc1ccc(C(=O)[C@H](O)[C@@H](OC)c2ccccc2)cc1. The number of Topliss-reactive ketones (excluding diaryl/α,β-unsaturated/α-hetero) is 1. The minimum absolute atomic E-state index is 0.381. The molecule has 0 aliphatic carbocycles. The van der Waals surface area contributed by atoms with Crippen molar-refractivity contribution in [3.63, 3.8) is 0 Å². The molecule has 0 saturated heterocycles. The molecule has 0 fully saturated rings. The van der Waals surface area contributed by atoms with Crippen molar-refractivity contribution < 1.29 is 19.4 Å². The van der Waals surface area contributed by atoms with Crippen LogP contribution < -0.4 is 4.74 Å². The molecule has 0 amide bonds. The second-order valence-corrected chi connectivity index (χ2v) is 4.60. The van der Waals surface area contributed by atoms with Crippen LogP contribution in [0.4, 0.5) is 0 Å². The Morgan fingerprint density at radius 3 is 2.14 bits per heavy atom. The predicted molar refractivity (Wildman–Crippen MR) is 79.5 cm³/mol. The second-order valence-electron chi connectivity index (χ2n) is 4.60. The Kier molecular flexibility index (Phi) is 5.09. The van der Waals surface area contributed by atoms with E-state index in [9.17, 15) is 9.90 Å². The van der Waals surface area contributed by atoms with Gasteiger partial charge in [0, 0.05) is 12.7 Å². The number of aliphatic hydroxyl groups is 1. The van der Waals surface area contributed by atoms with Crippen LogP contribution >= 0.6 is 0 Å². The molecule has 0 aliphatic rings. The quantitative estimate of drug-likeness (QED) is 0.829. The van der Waals surface area contributed by atoms with Crippen LogP contribution in [0.3, 0.4) is 0 Å². The Morgan fingerprint density at radius 2 is 1.62 bits per heavy atom. The molecule has 0 bridgehead atoms. The van der Waals surface area contributed by atoms with Gasteiger partial charge in [-0.1, -0.05) is 30.3 Å². The maximum absolute atomic E-state index is 12.3. The lowest BCUT2D eigenvalue weighted by molar-refractivity contribution is -0.00430. The molecule has 0 aromatic heterocycles. The largest absolute Gasteiger partial charge is 0.497 e. The minimum Gasteiger partial charge on any atom is -0.497 e. The van der Waals surface area contributed by atoms with E-state index in [0.717, 1.165) is 5.56 Å². The molecule has 2 aromatic carbocycles. The van der Waals surface area contributed by atoms with E-state index >= 15 is 0 Å². The lowest BCUT2D eigenvalue weighted by atomic mass is 9.97. The first-order chi connectivity index (χ1) is 10.2. The molecule has 0 aliphatic heterocycles. The van der Waals surface area contributed by atoms with Gasteiger partial charge in [-0.15, -0.1) is 0 Å². The number of aliphatic hydroxyl groups excluding tert-OH is 1. The van der Waals surface area contributed by atoms with Crippen molar-refractivity contribution in [2.75, 3.05) is 14.2 Å². The van der Waals surface area contributed by atoms with Gasteiger partial charge in [0.15, 0.2) is 5.78 Å². The predicted octanol–water partition coefficient (Wildman–Crippen LogP) is 2.63. The summed E-state index contributed by atoms with van der Waals surface area (Å²) in [5.41, 5.74) is 1.18. The van der Waals surface area contributed by atoms with Crippen LogP contribution in [-0.4, -0.2) is 31.2 Å². The zero-order valence-electron chi connectivity index (χ0n) is 12.0. The summed E-state index contributed by atoms with van der Waals surface area (Å²) in [5, 5.41) is 10.3. The van der Waals surface area contributed by atoms with Crippen LogP contribution in [0.15, 0.2) is 54.6 Å². The van der Waals surface area contributed by atoms with Gasteiger partial charge in [-0.2, -0.15) is 0 Å². The standard InChI is InChI=1S/C17H18O4/c1-20-14-10-8-12(9-11-14)15(18)16(19)17(21-2)13-6-4-3-5-7-13/h3-11,16-17,19H,1-2H3/t16-,17-/m0/s1. The van der Waals surface area contributed by atoms with Crippen molar-refractivity contribution in [3.05, 3.63) is 65.7 Å². The van der Waals surface area contributed by atoms with Crippen LogP contribution in [0.2, 0.25) is 0 Å². The molecular formula is C17H18O4. The molecule has 1 N–H and O–H groups in total. The molecule has 0 radical (unpaired) electrons. The van der Waals surface area contributed by atoms with E-state index in [4.69, 9.17) is 9.47 Å². The smallest absolute Gasteiger partial charge is 0.194 e. The molecule has 0 heterocycles. The van der Waals surface area contributed by atoms with Gasteiger partial charge < -0.3 is 14.6 Å². The molecule has 2 aromatic rings. The molecule has 0 saturated carbocycles. The number of methoxy groups -OCH3 is 2. The number of hydrogen-bond donors (Lipinski definition) is 1. The number of carbonyl (C=O) groups is 1. The van der Waals surface area contributed by atoms with E-state index in [1.807, 2.05) is 30.3 Å². The summed E-state index contributed by atoms with van der Waals surface area (Å²) in [4.78, 5) is 12.3. The first-order valence-corrected chi connectivity index (χ1v) is 6.61. The highest BCUT2D eigenvalue weighted by atomic mass is 16.5. The van der Waals surface area contributed by atoms with Gasteiger partial charge in [0.25, 0.3) is 0 Å². The van der Waals surface area contributed by atoms with Gasteiger partial charge in [-0.25, -0.2) is 0 Å². The first-order valence-electron chi connectivity index (χ1n) is 6.61. The van der Waals surface area contributed by atoms with E-state index in [1.54, 1.807) is 31.4 Å². The summed E-state index contributed by atoms with van der Waals surface area (Å²) in [6, 6.07) is 15.8. The lowest BCUT2D eigenvalue weighted by Crippen LogP contribution is -2.29. The average molecular weight is 286 g/mol. The van der Waals surface area contributed by atoms with E-state index in [1.165, 1.54) is 7.11 Å². The molecular weight excluding hydrogens is 268 g/mol. The molecule has 21 heavy (non-hydrogen) atoms.